The average Bonchev–Trinajstić information content (AvgIpc) is 1.78. The minimum atomic E-state index is -4.53. The van der Waals surface area contributed by atoms with Gasteiger partial charge in [-0.2, -0.15) is 0 Å². The molecule has 0 bridgehead atoms. The normalized spacial score (nSPS) is 12.0. The van der Waals surface area contributed by atoms with Gasteiger partial charge < -0.3 is 5.11 Å². The van der Waals surface area contributed by atoms with Crippen molar-refractivity contribution < 1.29 is 23.0 Å². The van der Waals surface area contributed by atoms with Gasteiger partial charge in [0, 0.05) is 6.61 Å². The molecular formula is C5H9F3O2. The molecule has 5 heteroatoms. The molecule has 0 spiro atoms. The second-order valence-electron chi connectivity index (χ2n) is 1.72. The van der Waals surface area contributed by atoms with Gasteiger partial charge in [-0.3, -0.25) is 4.74 Å². The molecule has 0 saturated heterocycles. The molecule has 0 fully saturated rings. The fourth-order valence-electron chi connectivity index (χ4n) is 0.402. The molecule has 0 aliphatic rings. The van der Waals surface area contributed by atoms with Crippen LogP contribution in [0.3, 0.4) is 0 Å². The van der Waals surface area contributed by atoms with Crippen LogP contribution in [0.4, 0.5) is 13.2 Å². The largest absolute Gasteiger partial charge is 0.522 e. The van der Waals surface area contributed by atoms with Crippen LogP contribution in [-0.4, -0.2) is 24.7 Å². The predicted octanol–water partition coefficient (Wildman–Crippen LogP) is 1.30. The number of ether oxygens (including phenoxy) is 1. The van der Waals surface area contributed by atoms with E-state index in [2.05, 4.69) is 4.74 Å². The molecule has 2 nitrogen and oxygen atoms in total. The Morgan fingerprint density at radius 3 is 2.20 bits per heavy atom. The Morgan fingerprint density at radius 2 is 1.80 bits per heavy atom. The molecule has 0 amide bonds. The zero-order valence-electron chi connectivity index (χ0n) is 5.32. The molecule has 0 radical (unpaired) electrons. The van der Waals surface area contributed by atoms with Crippen LogP contribution in [-0.2, 0) is 4.74 Å². The number of hydrogen-bond donors (Lipinski definition) is 1. The van der Waals surface area contributed by atoms with E-state index in [0.717, 1.165) is 0 Å². The van der Waals surface area contributed by atoms with Crippen LogP contribution in [0.2, 0.25) is 0 Å². The van der Waals surface area contributed by atoms with Crippen LogP contribution in [0.15, 0.2) is 0 Å². The first-order chi connectivity index (χ1) is 4.56. The van der Waals surface area contributed by atoms with Gasteiger partial charge in [0.05, 0.1) is 6.61 Å². The molecule has 0 aliphatic carbocycles. The third-order valence-electron chi connectivity index (χ3n) is 0.818. The van der Waals surface area contributed by atoms with Crippen molar-refractivity contribution in [2.75, 3.05) is 13.2 Å². The van der Waals surface area contributed by atoms with Crippen molar-refractivity contribution in [1.82, 2.24) is 0 Å². The highest BCUT2D eigenvalue weighted by Crippen LogP contribution is 2.16. The third kappa shape index (κ3) is 7.71. The van der Waals surface area contributed by atoms with Crippen molar-refractivity contribution in [1.29, 1.82) is 0 Å². The summed E-state index contributed by atoms with van der Waals surface area (Å²) in [5.74, 6) is 0. The van der Waals surface area contributed by atoms with Gasteiger partial charge in [0.15, 0.2) is 0 Å². The summed E-state index contributed by atoms with van der Waals surface area (Å²) in [5, 5.41) is 8.16. The van der Waals surface area contributed by atoms with Crippen LogP contribution in [0.25, 0.3) is 0 Å². The molecule has 1 N–H and O–H groups in total. The minimum absolute atomic E-state index is 0.0960. The lowest BCUT2D eigenvalue weighted by Gasteiger charge is -2.05. The summed E-state index contributed by atoms with van der Waals surface area (Å²) in [6, 6.07) is 0. The summed E-state index contributed by atoms with van der Waals surface area (Å²) in [6.45, 7) is -0.467. The van der Waals surface area contributed by atoms with E-state index in [0.29, 0.717) is 6.42 Å². The van der Waals surface area contributed by atoms with Crippen LogP contribution in [0.5, 0.6) is 0 Å². The summed E-state index contributed by atoms with van der Waals surface area (Å²) in [5.41, 5.74) is 0. The van der Waals surface area contributed by atoms with Crippen molar-refractivity contribution in [3.63, 3.8) is 0 Å². The topological polar surface area (TPSA) is 29.5 Å². The first-order valence-electron chi connectivity index (χ1n) is 2.88. The molecule has 10 heavy (non-hydrogen) atoms. The van der Waals surface area contributed by atoms with E-state index in [1.807, 2.05) is 0 Å². The first kappa shape index (κ1) is 9.71. The van der Waals surface area contributed by atoms with Crippen molar-refractivity contribution >= 4 is 0 Å². The van der Waals surface area contributed by atoms with Gasteiger partial charge in [-0.05, 0) is 12.8 Å². The van der Waals surface area contributed by atoms with Crippen molar-refractivity contribution in [2.45, 2.75) is 19.2 Å². The molecule has 0 heterocycles. The minimum Gasteiger partial charge on any atom is -0.396 e. The second-order valence-corrected chi connectivity index (χ2v) is 1.72. The SMILES string of the molecule is OCCCCOC(F)(F)F. The van der Waals surface area contributed by atoms with E-state index < -0.39 is 6.36 Å². The van der Waals surface area contributed by atoms with Gasteiger partial charge in [0.1, 0.15) is 0 Å². The van der Waals surface area contributed by atoms with Gasteiger partial charge in [-0.15, -0.1) is 13.2 Å². The lowest BCUT2D eigenvalue weighted by molar-refractivity contribution is -0.324. The number of aliphatic hydroxyl groups is 1. The maximum atomic E-state index is 11.2. The molecular weight excluding hydrogens is 149 g/mol. The van der Waals surface area contributed by atoms with Gasteiger partial charge in [-0.25, -0.2) is 0 Å². The molecule has 0 saturated carbocycles. The molecule has 0 aliphatic heterocycles. The van der Waals surface area contributed by atoms with E-state index >= 15 is 0 Å². The zero-order valence-corrected chi connectivity index (χ0v) is 5.32. The number of aliphatic hydroxyl groups excluding tert-OH is 1. The third-order valence-corrected chi connectivity index (χ3v) is 0.818. The fourth-order valence-corrected chi connectivity index (χ4v) is 0.402. The van der Waals surface area contributed by atoms with Gasteiger partial charge in [0.2, 0.25) is 0 Å². The highest BCUT2D eigenvalue weighted by Gasteiger charge is 2.28. The molecule has 0 atom stereocenters. The molecule has 0 aromatic rings. The Kier molecular flexibility index (Phi) is 4.38. The molecule has 0 aromatic carbocycles. The van der Waals surface area contributed by atoms with Crippen LogP contribution in [0, 0.1) is 0 Å². The molecule has 62 valence electrons. The average molecular weight is 158 g/mol. The molecule has 0 rings (SSSR count). The Morgan fingerprint density at radius 1 is 1.20 bits per heavy atom. The quantitative estimate of drug-likeness (QED) is 0.625. The van der Waals surface area contributed by atoms with Crippen LogP contribution >= 0.6 is 0 Å². The highest BCUT2D eigenvalue weighted by molar-refractivity contribution is 4.36. The molecule has 0 unspecified atom stereocenters. The van der Waals surface area contributed by atoms with Gasteiger partial charge in [0.25, 0.3) is 0 Å². The number of rotatable bonds is 4. The van der Waals surface area contributed by atoms with Crippen LogP contribution in [0.1, 0.15) is 12.8 Å². The monoisotopic (exact) mass is 158 g/mol. The summed E-state index contributed by atoms with van der Waals surface area (Å²) >= 11 is 0. The maximum absolute atomic E-state index is 11.2. The summed E-state index contributed by atoms with van der Waals surface area (Å²) < 4.78 is 37.0. The van der Waals surface area contributed by atoms with Crippen molar-refractivity contribution in [3.05, 3.63) is 0 Å². The first-order valence-corrected chi connectivity index (χ1v) is 2.88. The molecule has 0 aromatic heterocycles. The van der Waals surface area contributed by atoms with E-state index in [-0.39, 0.29) is 19.6 Å². The van der Waals surface area contributed by atoms with E-state index in [1.165, 1.54) is 0 Å². The predicted molar refractivity (Wildman–Crippen MR) is 28.3 cm³/mol. The van der Waals surface area contributed by atoms with Crippen molar-refractivity contribution in [3.8, 4) is 0 Å². The summed E-state index contributed by atoms with van der Waals surface area (Å²) in [7, 11) is 0. The lowest BCUT2D eigenvalue weighted by Crippen LogP contribution is -2.14. The van der Waals surface area contributed by atoms with Crippen molar-refractivity contribution in [2.24, 2.45) is 0 Å². The Hall–Kier alpha value is -0.290. The number of halogens is 3. The highest BCUT2D eigenvalue weighted by atomic mass is 19.4. The van der Waals surface area contributed by atoms with E-state index in [1.54, 1.807) is 0 Å². The summed E-state index contributed by atoms with van der Waals surface area (Å²) in [4.78, 5) is 0. The van der Waals surface area contributed by atoms with Crippen LogP contribution < -0.4 is 0 Å². The van der Waals surface area contributed by atoms with Gasteiger partial charge in [-0.1, -0.05) is 0 Å². The number of alkyl halides is 3. The van der Waals surface area contributed by atoms with E-state index in [9.17, 15) is 13.2 Å². The Labute approximate surface area is 56.6 Å². The maximum Gasteiger partial charge on any atom is 0.522 e. The zero-order chi connectivity index (χ0) is 8.04. The lowest BCUT2D eigenvalue weighted by atomic mass is 10.3. The Bertz CT molecular complexity index is 81.5. The van der Waals surface area contributed by atoms with Gasteiger partial charge >= 0.3 is 6.36 Å². The number of unbranched alkanes of at least 4 members (excludes halogenated alkanes) is 1. The fraction of sp³-hybridized carbons (Fsp3) is 1.00. The van der Waals surface area contributed by atoms with E-state index in [4.69, 9.17) is 5.11 Å². The summed E-state index contributed by atoms with van der Waals surface area (Å²) in [6.07, 6.45) is -3.96. The standard InChI is InChI=1S/C5H9F3O2/c6-5(7,8)10-4-2-1-3-9/h9H,1-4H2. The number of hydrogen-bond acceptors (Lipinski definition) is 2. The Balaban J connectivity index is 3.04. The second kappa shape index (κ2) is 4.51. The smallest absolute Gasteiger partial charge is 0.396 e.